The topological polar surface area (TPSA) is 60.2 Å². The summed E-state index contributed by atoms with van der Waals surface area (Å²) in [5, 5.41) is 5.21. The first-order chi connectivity index (χ1) is 7.52. The van der Waals surface area contributed by atoms with Gasteiger partial charge in [0, 0.05) is 5.41 Å². The average Bonchev–Trinajstić information content (AvgIpc) is 2.66. The van der Waals surface area contributed by atoms with Gasteiger partial charge in [-0.15, -0.1) is 0 Å². The fraction of sp³-hybridized carbons (Fsp3) is 0.500. The molecule has 88 valence electrons. The molecule has 2 rings (SSSR count). The van der Waals surface area contributed by atoms with Gasteiger partial charge in [0.15, 0.2) is 0 Å². The minimum absolute atomic E-state index is 0.0734. The highest BCUT2D eigenvalue weighted by atomic mass is 32.2. The van der Waals surface area contributed by atoms with Crippen molar-refractivity contribution in [1.82, 2.24) is 0 Å². The summed E-state index contributed by atoms with van der Waals surface area (Å²) in [6.07, 6.45) is 4.02. The van der Waals surface area contributed by atoms with E-state index >= 15 is 0 Å². The molecule has 0 bridgehead atoms. The Morgan fingerprint density at radius 3 is 2.19 bits per heavy atom. The maximum absolute atomic E-state index is 11.3. The Morgan fingerprint density at radius 2 is 1.69 bits per heavy atom. The molecule has 0 aliphatic heterocycles. The Labute approximate surface area is 96.7 Å². The summed E-state index contributed by atoms with van der Waals surface area (Å²) >= 11 is 0. The summed E-state index contributed by atoms with van der Waals surface area (Å²) in [5.74, 6) is 0.0734. The van der Waals surface area contributed by atoms with Gasteiger partial charge in [-0.2, -0.15) is 0 Å². The van der Waals surface area contributed by atoms with Gasteiger partial charge in [0.2, 0.25) is 10.0 Å². The first kappa shape index (κ1) is 11.6. The van der Waals surface area contributed by atoms with Gasteiger partial charge in [0.25, 0.3) is 0 Å². The molecule has 1 fully saturated rings. The molecule has 1 saturated carbocycles. The van der Waals surface area contributed by atoms with Crippen molar-refractivity contribution in [2.75, 3.05) is 5.75 Å². The number of primary sulfonamides is 1. The van der Waals surface area contributed by atoms with Crippen LogP contribution in [0.3, 0.4) is 0 Å². The lowest BCUT2D eigenvalue weighted by Gasteiger charge is -2.28. The van der Waals surface area contributed by atoms with Crippen LogP contribution in [0.25, 0.3) is 0 Å². The van der Waals surface area contributed by atoms with Crippen LogP contribution in [0.4, 0.5) is 0 Å². The predicted octanol–water partition coefficient (Wildman–Crippen LogP) is 1.79. The minimum Gasteiger partial charge on any atom is -0.229 e. The van der Waals surface area contributed by atoms with Crippen LogP contribution in [0.1, 0.15) is 31.2 Å². The van der Waals surface area contributed by atoms with Crippen LogP contribution in [-0.4, -0.2) is 14.2 Å². The van der Waals surface area contributed by atoms with Gasteiger partial charge in [-0.25, -0.2) is 13.6 Å². The van der Waals surface area contributed by atoms with E-state index in [1.54, 1.807) is 0 Å². The standard InChI is InChI=1S/C12H17NO2S/c13-16(14,15)10-12(8-4-5-9-12)11-6-2-1-3-7-11/h1-3,6-7H,4-5,8-10H2,(H2,13,14,15). The lowest BCUT2D eigenvalue weighted by Crippen LogP contribution is -2.35. The zero-order chi connectivity index (χ0) is 11.6. The van der Waals surface area contributed by atoms with Crippen LogP contribution in [0, 0.1) is 0 Å². The third-order valence-corrected chi connectivity index (χ3v) is 4.38. The molecule has 3 nitrogen and oxygen atoms in total. The molecule has 2 N–H and O–H groups in total. The summed E-state index contributed by atoms with van der Waals surface area (Å²) < 4.78 is 22.7. The molecule has 16 heavy (non-hydrogen) atoms. The van der Waals surface area contributed by atoms with E-state index in [0.717, 1.165) is 31.2 Å². The van der Waals surface area contributed by atoms with Gasteiger partial charge in [0.05, 0.1) is 5.75 Å². The summed E-state index contributed by atoms with van der Waals surface area (Å²) in [4.78, 5) is 0. The monoisotopic (exact) mass is 239 g/mol. The van der Waals surface area contributed by atoms with Crippen LogP contribution in [0.5, 0.6) is 0 Å². The fourth-order valence-corrected chi connectivity index (χ4v) is 3.97. The number of benzene rings is 1. The van der Waals surface area contributed by atoms with Crippen LogP contribution >= 0.6 is 0 Å². The maximum atomic E-state index is 11.3. The first-order valence-electron chi connectivity index (χ1n) is 5.58. The number of rotatable bonds is 3. The zero-order valence-corrected chi connectivity index (χ0v) is 10.0. The van der Waals surface area contributed by atoms with E-state index in [2.05, 4.69) is 0 Å². The van der Waals surface area contributed by atoms with E-state index in [-0.39, 0.29) is 11.2 Å². The van der Waals surface area contributed by atoms with Crippen molar-refractivity contribution < 1.29 is 8.42 Å². The Bertz CT molecular complexity index is 447. The highest BCUT2D eigenvalue weighted by molar-refractivity contribution is 7.89. The van der Waals surface area contributed by atoms with Gasteiger partial charge in [-0.1, -0.05) is 43.2 Å². The molecule has 1 aliphatic rings. The van der Waals surface area contributed by atoms with Crippen LogP contribution in [0.2, 0.25) is 0 Å². The van der Waals surface area contributed by atoms with E-state index in [1.165, 1.54) is 0 Å². The third-order valence-electron chi connectivity index (χ3n) is 3.42. The molecule has 0 unspecified atom stereocenters. The van der Waals surface area contributed by atoms with Gasteiger partial charge >= 0.3 is 0 Å². The van der Waals surface area contributed by atoms with E-state index in [4.69, 9.17) is 5.14 Å². The van der Waals surface area contributed by atoms with Crippen molar-refractivity contribution >= 4 is 10.0 Å². The largest absolute Gasteiger partial charge is 0.229 e. The Balaban J connectivity index is 2.37. The highest BCUT2D eigenvalue weighted by Crippen LogP contribution is 2.41. The number of sulfonamides is 1. The Kier molecular flexibility index (Phi) is 3.04. The summed E-state index contributed by atoms with van der Waals surface area (Å²) in [7, 11) is -3.41. The maximum Gasteiger partial charge on any atom is 0.209 e. The zero-order valence-electron chi connectivity index (χ0n) is 9.22. The van der Waals surface area contributed by atoms with Crippen molar-refractivity contribution in [1.29, 1.82) is 0 Å². The highest BCUT2D eigenvalue weighted by Gasteiger charge is 2.38. The molecule has 4 heteroatoms. The minimum atomic E-state index is -3.41. The van der Waals surface area contributed by atoms with E-state index in [0.29, 0.717) is 0 Å². The van der Waals surface area contributed by atoms with Crippen molar-refractivity contribution in [3.63, 3.8) is 0 Å². The fourth-order valence-electron chi connectivity index (χ4n) is 2.74. The van der Waals surface area contributed by atoms with Crippen molar-refractivity contribution in [3.8, 4) is 0 Å². The normalized spacial score (nSPS) is 19.8. The molecule has 1 aromatic rings. The number of hydrogen-bond donors (Lipinski definition) is 1. The predicted molar refractivity (Wildman–Crippen MR) is 64.6 cm³/mol. The summed E-state index contributed by atoms with van der Waals surface area (Å²) in [6, 6.07) is 9.88. The van der Waals surface area contributed by atoms with Crippen LogP contribution < -0.4 is 5.14 Å². The van der Waals surface area contributed by atoms with Gasteiger partial charge in [-0.05, 0) is 18.4 Å². The second-order valence-electron chi connectivity index (χ2n) is 4.66. The second kappa shape index (κ2) is 4.18. The van der Waals surface area contributed by atoms with Crippen molar-refractivity contribution in [2.45, 2.75) is 31.1 Å². The second-order valence-corrected chi connectivity index (χ2v) is 6.28. The Morgan fingerprint density at radius 1 is 1.12 bits per heavy atom. The van der Waals surface area contributed by atoms with Gasteiger partial charge in [0.1, 0.15) is 0 Å². The molecule has 0 amide bonds. The third kappa shape index (κ3) is 2.44. The quantitative estimate of drug-likeness (QED) is 0.874. The van der Waals surface area contributed by atoms with E-state index in [1.807, 2.05) is 30.3 Å². The molecule has 0 heterocycles. The van der Waals surface area contributed by atoms with E-state index < -0.39 is 10.0 Å². The van der Waals surface area contributed by atoms with E-state index in [9.17, 15) is 8.42 Å². The van der Waals surface area contributed by atoms with Crippen molar-refractivity contribution in [3.05, 3.63) is 35.9 Å². The van der Waals surface area contributed by atoms with Gasteiger partial charge < -0.3 is 0 Å². The molecule has 0 atom stereocenters. The molecule has 1 aromatic carbocycles. The molecular formula is C12H17NO2S. The molecule has 0 radical (unpaired) electrons. The van der Waals surface area contributed by atoms with Crippen molar-refractivity contribution in [2.24, 2.45) is 5.14 Å². The molecular weight excluding hydrogens is 222 g/mol. The number of hydrogen-bond acceptors (Lipinski definition) is 2. The number of nitrogens with two attached hydrogens (primary N) is 1. The van der Waals surface area contributed by atoms with Gasteiger partial charge in [-0.3, -0.25) is 0 Å². The van der Waals surface area contributed by atoms with Crippen LogP contribution in [0.15, 0.2) is 30.3 Å². The lowest BCUT2D eigenvalue weighted by atomic mass is 9.81. The lowest BCUT2D eigenvalue weighted by molar-refractivity contribution is 0.482. The molecule has 0 saturated heterocycles. The van der Waals surface area contributed by atoms with Crippen LogP contribution in [-0.2, 0) is 15.4 Å². The molecule has 0 aromatic heterocycles. The average molecular weight is 239 g/mol. The molecule has 0 spiro atoms. The summed E-state index contributed by atoms with van der Waals surface area (Å²) in [5.41, 5.74) is 0.871. The Hall–Kier alpha value is -0.870. The smallest absolute Gasteiger partial charge is 0.209 e. The SMILES string of the molecule is NS(=O)(=O)CC1(c2ccccc2)CCCC1. The first-order valence-corrected chi connectivity index (χ1v) is 7.29. The summed E-state index contributed by atoms with van der Waals surface area (Å²) in [6.45, 7) is 0. The molecule has 1 aliphatic carbocycles.